The quantitative estimate of drug-likeness (QED) is 0.279. The number of hydrogen-bond donors (Lipinski definition) is 5. The summed E-state index contributed by atoms with van der Waals surface area (Å²) >= 11 is 0. The second-order valence-electron chi connectivity index (χ2n) is 2.45. The minimum Gasteiger partial charge on any atom is -0.391 e. The Bertz CT molecular complexity index is 150. The van der Waals surface area contributed by atoms with Crippen LogP contribution in [0.25, 0.3) is 0 Å². The highest BCUT2D eigenvalue weighted by Gasteiger charge is 2.52. The summed E-state index contributed by atoms with van der Waals surface area (Å²) in [6, 6.07) is 0. The summed E-state index contributed by atoms with van der Waals surface area (Å²) in [4.78, 5) is 0. The van der Waals surface area contributed by atoms with Crippen molar-refractivity contribution in [3.8, 4) is 0 Å². The van der Waals surface area contributed by atoms with Crippen LogP contribution < -0.4 is 0 Å². The third-order valence-corrected chi connectivity index (χ3v) is 1.63. The van der Waals surface area contributed by atoms with E-state index in [9.17, 15) is 0 Å². The minimum atomic E-state index is -2.25. The van der Waals surface area contributed by atoms with Gasteiger partial charge in [0.2, 0.25) is 5.79 Å². The van der Waals surface area contributed by atoms with Gasteiger partial charge in [0, 0.05) is 0 Å². The van der Waals surface area contributed by atoms with Gasteiger partial charge < -0.3 is 30.3 Å². The van der Waals surface area contributed by atoms with E-state index in [4.69, 9.17) is 25.5 Å². The number of hydrogen-bond acceptors (Lipinski definition) is 6. The summed E-state index contributed by atoms with van der Waals surface area (Å²) < 4.78 is 4.28. The van der Waals surface area contributed by atoms with Crippen LogP contribution in [0.1, 0.15) is 0 Å². The van der Waals surface area contributed by atoms with Gasteiger partial charge >= 0.3 is 0 Å². The van der Waals surface area contributed by atoms with Gasteiger partial charge in [-0.1, -0.05) is 0 Å². The predicted molar refractivity (Wildman–Crippen MR) is 31.1 cm³/mol. The fraction of sp³-hybridized carbons (Fsp3) is 1.00. The molecule has 1 aliphatic heterocycles. The van der Waals surface area contributed by atoms with E-state index in [1.54, 1.807) is 0 Å². The Morgan fingerprint density at radius 1 is 1.27 bits per heavy atom. The van der Waals surface area contributed by atoms with E-state index in [1.807, 2.05) is 0 Å². The lowest BCUT2D eigenvalue weighted by Crippen LogP contribution is -2.46. The van der Waals surface area contributed by atoms with Crippen LogP contribution >= 0.6 is 0 Å². The fourth-order valence-corrected chi connectivity index (χ4v) is 0.902. The van der Waals surface area contributed by atoms with E-state index in [-0.39, 0.29) is 0 Å². The maximum atomic E-state index is 9.07. The summed E-state index contributed by atoms with van der Waals surface area (Å²) in [7, 11) is 0. The molecule has 0 radical (unpaired) electrons. The molecule has 6 heteroatoms. The molecule has 66 valence electrons. The van der Waals surface area contributed by atoms with Crippen molar-refractivity contribution in [1.82, 2.24) is 0 Å². The standard InChI is InChI=1S/C5H10O6/c6-1-5(10)3(8)2(7)4(9)11-5/h2-4,6-10H,1H2. The van der Waals surface area contributed by atoms with Crippen LogP contribution in [0.15, 0.2) is 0 Å². The zero-order chi connectivity index (χ0) is 8.65. The molecule has 0 aromatic heterocycles. The summed E-state index contributed by atoms with van der Waals surface area (Å²) in [5, 5.41) is 44.1. The Kier molecular flexibility index (Phi) is 2.15. The molecule has 1 fully saturated rings. The van der Waals surface area contributed by atoms with E-state index >= 15 is 0 Å². The summed E-state index contributed by atoms with van der Waals surface area (Å²) in [5.41, 5.74) is 0. The van der Waals surface area contributed by atoms with Crippen molar-refractivity contribution in [1.29, 1.82) is 0 Å². The molecule has 0 aliphatic carbocycles. The van der Waals surface area contributed by atoms with Crippen molar-refractivity contribution in [2.75, 3.05) is 6.61 Å². The molecule has 4 unspecified atom stereocenters. The smallest absolute Gasteiger partial charge is 0.221 e. The zero-order valence-corrected chi connectivity index (χ0v) is 5.58. The zero-order valence-electron chi connectivity index (χ0n) is 5.58. The van der Waals surface area contributed by atoms with Gasteiger partial charge in [-0.25, -0.2) is 0 Å². The van der Waals surface area contributed by atoms with Crippen LogP contribution in [-0.4, -0.2) is 56.4 Å². The molecular weight excluding hydrogens is 156 g/mol. The van der Waals surface area contributed by atoms with E-state index in [1.165, 1.54) is 0 Å². The normalized spacial score (nSPS) is 51.5. The summed E-state index contributed by atoms with van der Waals surface area (Å²) in [6.07, 6.45) is -4.95. The monoisotopic (exact) mass is 166 g/mol. The second-order valence-corrected chi connectivity index (χ2v) is 2.45. The Labute approximate surface area is 62.3 Å². The topological polar surface area (TPSA) is 110 Å². The molecule has 0 bridgehead atoms. The Morgan fingerprint density at radius 2 is 1.82 bits per heavy atom. The van der Waals surface area contributed by atoms with Crippen LogP contribution in [0.3, 0.4) is 0 Å². The lowest BCUT2D eigenvalue weighted by Gasteiger charge is -2.22. The molecule has 0 aromatic rings. The van der Waals surface area contributed by atoms with Crippen molar-refractivity contribution >= 4 is 0 Å². The maximum absolute atomic E-state index is 9.07. The average molecular weight is 166 g/mol. The van der Waals surface area contributed by atoms with Crippen molar-refractivity contribution < 1.29 is 30.3 Å². The number of ether oxygens (including phenoxy) is 1. The molecule has 0 amide bonds. The van der Waals surface area contributed by atoms with Gasteiger partial charge in [-0.15, -0.1) is 0 Å². The Morgan fingerprint density at radius 3 is 2.00 bits per heavy atom. The number of rotatable bonds is 1. The highest BCUT2D eigenvalue weighted by Crippen LogP contribution is 2.26. The van der Waals surface area contributed by atoms with Gasteiger partial charge in [0.15, 0.2) is 6.29 Å². The SMILES string of the molecule is OCC1(O)OC(O)C(O)C1O. The van der Waals surface area contributed by atoms with Gasteiger partial charge in [-0.2, -0.15) is 0 Å². The van der Waals surface area contributed by atoms with E-state index in [2.05, 4.69) is 4.74 Å². The van der Waals surface area contributed by atoms with Crippen LogP contribution in [0.2, 0.25) is 0 Å². The molecule has 4 atom stereocenters. The molecule has 1 rings (SSSR count). The minimum absolute atomic E-state index is 0.887. The number of aliphatic hydroxyl groups is 5. The van der Waals surface area contributed by atoms with E-state index < -0.39 is 30.9 Å². The molecule has 0 spiro atoms. The van der Waals surface area contributed by atoms with Crippen LogP contribution in [-0.2, 0) is 4.74 Å². The highest BCUT2D eigenvalue weighted by molar-refractivity contribution is 4.90. The van der Waals surface area contributed by atoms with E-state index in [0.717, 1.165) is 0 Å². The van der Waals surface area contributed by atoms with Crippen molar-refractivity contribution in [2.45, 2.75) is 24.3 Å². The second kappa shape index (κ2) is 2.67. The van der Waals surface area contributed by atoms with E-state index in [0.29, 0.717) is 0 Å². The first-order valence-electron chi connectivity index (χ1n) is 3.06. The highest BCUT2D eigenvalue weighted by atomic mass is 16.7. The first kappa shape index (κ1) is 8.85. The van der Waals surface area contributed by atoms with Gasteiger partial charge in [0.05, 0.1) is 6.61 Å². The van der Waals surface area contributed by atoms with Gasteiger partial charge in [0.25, 0.3) is 0 Å². The molecule has 0 saturated carbocycles. The Hall–Kier alpha value is -0.240. The van der Waals surface area contributed by atoms with Crippen LogP contribution in [0.5, 0.6) is 0 Å². The molecular formula is C5H10O6. The first-order valence-corrected chi connectivity index (χ1v) is 3.06. The molecule has 0 aromatic carbocycles. The third-order valence-electron chi connectivity index (χ3n) is 1.63. The average Bonchev–Trinajstić information content (AvgIpc) is 2.17. The predicted octanol–water partition coefficient (Wildman–Crippen LogP) is -3.26. The largest absolute Gasteiger partial charge is 0.391 e. The molecule has 11 heavy (non-hydrogen) atoms. The molecule has 1 saturated heterocycles. The first-order chi connectivity index (χ1) is 5.01. The Balaban J connectivity index is 2.73. The molecule has 1 heterocycles. The lowest BCUT2D eigenvalue weighted by molar-refractivity contribution is -0.272. The maximum Gasteiger partial charge on any atom is 0.221 e. The van der Waals surface area contributed by atoms with Gasteiger partial charge in [0.1, 0.15) is 12.2 Å². The summed E-state index contributed by atoms with van der Waals surface area (Å²) in [5.74, 6) is -2.25. The lowest BCUT2D eigenvalue weighted by atomic mass is 10.1. The third kappa shape index (κ3) is 1.24. The fourth-order valence-electron chi connectivity index (χ4n) is 0.902. The molecule has 6 nitrogen and oxygen atoms in total. The molecule has 5 N–H and O–H groups in total. The van der Waals surface area contributed by atoms with Crippen LogP contribution in [0, 0.1) is 0 Å². The van der Waals surface area contributed by atoms with Crippen LogP contribution in [0.4, 0.5) is 0 Å². The van der Waals surface area contributed by atoms with Gasteiger partial charge in [-0.05, 0) is 0 Å². The van der Waals surface area contributed by atoms with Crippen molar-refractivity contribution in [3.63, 3.8) is 0 Å². The van der Waals surface area contributed by atoms with Crippen molar-refractivity contribution in [3.05, 3.63) is 0 Å². The molecule has 1 aliphatic rings. The van der Waals surface area contributed by atoms with Gasteiger partial charge in [-0.3, -0.25) is 0 Å². The van der Waals surface area contributed by atoms with Crippen molar-refractivity contribution in [2.24, 2.45) is 0 Å². The summed E-state index contributed by atoms with van der Waals surface area (Å²) in [6.45, 7) is -0.887. The number of aliphatic hydroxyl groups excluding tert-OH is 4.